The lowest BCUT2D eigenvalue weighted by atomic mass is 9.58. The Hall–Kier alpha value is -1.66. The fraction of sp³-hybridized carbons (Fsp3) is 0.696. The van der Waals surface area contributed by atoms with Gasteiger partial charge >= 0.3 is 6.09 Å². The lowest BCUT2D eigenvalue weighted by Gasteiger charge is -2.53. The number of benzene rings is 1. The average molecular weight is 404 g/mol. The Morgan fingerprint density at radius 3 is 2.69 bits per heavy atom. The molecule has 0 bridgehead atoms. The molecule has 3 aliphatic rings. The van der Waals surface area contributed by atoms with Crippen LogP contribution in [0.4, 0.5) is 9.18 Å². The van der Waals surface area contributed by atoms with E-state index < -0.39 is 0 Å². The van der Waals surface area contributed by atoms with Crippen molar-refractivity contribution in [2.24, 2.45) is 11.8 Å². The molecule has 1 aromatic rings. The van der Waals surface area contributed by atoms with Crippen LogP contribution in [-0.2, 0) is 10.2 Å². The number of likely N-dealkylation sites (tertiary alicyclic amines) is 1. The predicted octanol–water partition coefficient (Wildman–Crippen LogP) is 3.29. The Labute approximate surface area is 173 Å². The number of halogens is 1. The van der Waals surface area contributed by atoms with Crippen molar-refractivity contribution in [1.29, 1.82) is 0 Å². The van der Waals surface area contributed by atoms with Crippen molar-refractivity contribution in [3.63, 3.8) is 0 Å². The van der Waals surface area contributed by atoms with Gasteiger partial charge in [-0.3, -0.25) is 0 Å². The third-order valence-corrected chi connectivity index (χ3v) is 7.53. The van der Waals surface area contributed by atoms with E-state index in [1.54, 1.807) is 12.1 Å². The Balaban J connectivity index is 1.77. The number of carbonyl (C=O) groups excluding carboxylic acids is 1. The summed E-state index contributed by atoms with van der Waals surface area (Å²) in [6.07, 6.45) is 6.16. The quantitative estimate of drug-likeness (QED) is 0.765. The van der Waals surface area contributed by atoms with Crippen molar-refractivity contribution in [2.75, 3.05) is 39.8 Å². The van der Waals surface area contributed by atoms with Gasteiger partial charge in [-0.05, 0) is 87.8 Å². The number of methoxy groups -OCH3 is 1. The molecule has 2 heterocycles. The van der Waals surface area contributed by atoms with Crippen LogP contribution in [0.2, 0.25) is 0 Å². The first-order valence-electron chi connectivity index (χ1n) is 11.2. The zero-order chi connectivity index (χ0) is 20.3. The van der Waals surface area contributed by atoms with Crippen molar-refractivity contribution in [3.8, 4) is 0 Å². The van der Waals surface area contributed by atoms with E-state index in [9.17, 15) is 9.18 Å². The number of alkyl carbamates (subject to hydrolysis) is 1. The number of nitrogens with zero attached hydrogens (tertiary/aromatic N) is 1. The normalized spacial score (nSPS) is 27.8. The first-order chi connectivity index (χ1) is 14.1. The molecule has 2 saturated heterocycles. The van der Waals surface area contributed by atoms with E-state index in [-0.39, 0.29) is 29.3 Å². The van der Waals surface area contributed by atoms with Crippen molar-refractivity contribution >= 4 is 6.09 Å². The molecule has 1 saturated carbocycles. The maximum Gasteiger partial charge on any atom is 0.407 e. The van der Waals surface area contributed by atoms with E-state index in [2.05, 4.69) is 21.6 Å². The van der Waals surface area contributed by atoms with Crippen molar-refractivity contribution < 1.29 is 13.9 Å². The van der Waals surface area contributed by atoms with Crippen LogP contribution >= 0.6 is 0 Å². The second-order valence-electron chi connectivity index (χ2n) is 8.98. The van der Waals surface area contributed by atoms with Gasteiger partial charge in [-0.2, -0.15) is 0 Å². The molecule has 6 heteroatoms. The molecular weight excluding hydrogens is 369 g/mol. The fourth-order valence-electron chi connectivity index (χ4n) is 6.07. The van der Waals surface area contributed by atoms with Crippen LogP contribution in [0.1, 0.15) is 44.1 Å². The number of rotatable bonds is 6. The Bertz CT molecular complexity index is 705. The highest BCUT2D eigenvalue weighted by Gasteiger charge is 2.52. The van der Waals surface area contributed by atoms with Gasteiger partial charge in [0.25, 0.3) is 0 Å². The van der Waals surface area contributed by atoms with E-state index >= 15 is 0 Å². The summed E-state index contributed by atoms with van der Waals surface area (Å²) in [6.45, 7) is 5.19. The zero-order valence-electron chi connectivity index (χ0n) is 17.5. The van der Waals surface area contributed by atoms with Gasteiger partial charge in [-0.25, -0.2) is 9.18 Å². The third kappa shape index (κ3) is 4.15. The molecule has 1 aromatic carbocycles. The first kappa shape index (κ1) is 20.6. The van der Waals surface area contributed by atoms with Gasteiger partial charge in [0, 0.05) is 18.0 Å². The SMILES string of the molecule is COC(=O)N[C@H]1CCC[C@@H]1[C@](CN1CCC1)(c1cccc(F)c1)C1CCNCC1. The summed E-state index contributed by atoms with van der Waals surface area (Å²) in [5.41, 5.74) is 0.951. The maximum absolute atomic E-state index is 14.4. The molecule has 2 aliphatic heterocycles. The summed E-state index contributed by atoms with van der Waals surface area (Å²) in [5, 5.41) is 6.62. The molecule has 29 heavy (non-hydrogen) atoms. The molecule has 1 amide bonds. The molecule has 0 unspecified atom stereocenters. The maximum atomic E-state index is 14.4. The molecule has 2 N–H and O–H groups in total. The molecule has 160 valence electrons. The van der Waals surface area contributed by atoms with E-state index in [4.69, 9.17) is 4.74 Å². The largest absolute Gasteiger partial charge is 0.453 e. The lowest BCUT2D eigenvalue weighted by molar-refractivity contribution is 0.0421. The van der Waals surface area contributed by atoms with Gasteiger partial charge in [0.1, 0.15) is 5.82 Å². The predicted molar refractivity (Wildman–Crippen MR) is 111 cm³/mol. The number of nitrogens with one attached hydrogen (secondary N) is 2. The molecule has 5 nitrogen and oxygen atoms in total. The number of ether oxygens (including phenoxy) is 1. The minimum Gasteiger partial charge on any atom is -0.453 e. The number of amides is 1. The van der Waals surface area contributed by atoms with Gasteiger partial charge < -0.3 is 20.3 Å². The number of hydrogen-bond donors (Lipinski definition) is 2. The van der Waals surface area contributed by atoms with Crippen molar-refractivity contribution in [1.82, 2.24) is 15.5 Å². The van der Waals surface area contributed by atoms with Gasteiger partial charge in [-0.1, -0.05) is 18.6 Å². The highest BCUT2D eigenvalue weighted by atomic mass is 19.1. The molecule has 0 aromatic heterocycles. The summed E-state index contributed by atoms with van der Waals surface area (Å²) in [6, 6.07) is 7.35. The molecule has 3 atom stereocenters. The monoisotopic (exact) mass is 403 g/mol. The Morgan fingerprint density at radius 2 is 2.03 bits per heavy atom. The van der Waals surface area contributed by atoms with E-state index in [0.717, 1.165) is 70.4 Å². The summed E-state index contributed by atoms with van der Waals surface area (Å²) in [4.78, 5) is 14.6. The summed E-state index contributed by atoms with van der Waals surface area (Å²) >= 11 is 0. The Morgan fingerprint density at radius 1 is 1.24 bits per heavy atom. The summed E-state index contributed by atoms with van der Waals surface area (Å²) in [5.74, 6) is 0.586. The van der Waals surface area contributed by atoms with Crippen LogP contribution in [0.3, 0.4) is 0 Å². The highest BCUT2D eigenvalue weighted by Crippen LogP contribution is 2.51. The minimum atomic E-state index is -0.357. The van der Waals surface area contributed by atoms with Gasteiger partial charge in [0.15, 0.2) is 0 Å². The molecule has 4 rings (SSSR count). The minimum absolute atomic E-state index is 0.0712. The summed E-state index contributed by atoms with van der Waals surface area (Å²) < 4.78 is 19.4. The molecule has 0 radical (unpaired) electrons. The first-order valence-corrected chi connectivity index (χ1v) is 11.2. The molecule has 1 aliphatic carbocycles. The zero-order valence-corrected chi connectivity index (χ0v) is 17.5. The third-order valence-electron chi connectivity index (χ3n) is 7.53. The van der Waals surface area contributed by atoms with Crippen LogP contribution in [0.5, 0.6) is 0 Å². The van der Waals surface area contributed by atoms with Crippen LogP contribution in [0, 0.1) is 17.7 Å². The van der Waals surface area contributed by atoms with E-state index in [1.807, 2.05) is 6.07 Å². The summed E-state index contributed by atoms with van der Waals surface area (Å²) in [7, 11) is 1.42. The van der Waals surface area contributed by atoms with Crippen LogP contribution in [0.15, 0.2) is 24.3 Å². The lowest BCUT2D eigenvalue weighted by Crippen LogP contribution is -2.59. The number of hydrogen-bond acceptors (Lipinski definition) is 4. The van der Waals surface area contributed by atoms with E-state index in [0.29, 0.717) is 5.92 Å². The standard InChI is InChI=1S/C23H34FN3O2/c1-29-22(28)26-21-8-3-7-20(21)23(16-27-13-4-14-27,17-9-11-25-12-10-17)18-5-2-6-19(24)15-18/h2,5-6,15,17,20-21,25H,3-4,7-14,16H2,1H3,(H,26,28)/t20-,21-,23-/m0/s1. The van der Waals surface area contributed by atoms with Gasteiger partial charge in [0.2, 0.25) is 0 Å². The molecule has 3 fully saturated rings. The number of carbonyl (C=O) groups is 1. The number of piperidine rings is 1. The topological polar surface area (TPSA) is 53.6 Å². The Kier molecular flexibility index (Phi) is 6.40. The molecular formula is C23H34FN3O2. The van der Waals surface area contributed by atoms with Crippen LogP contribution in [0.25, 0.3) is 0 Å². The second-order valence-corrected chi connectivity index (χ2v) is 8.98. The van der Waals surface area contributed by atoms with Gasteiger partial charge in [-0.15, -0.1) is 0 Å². The fourth-order valence-corrected chi connectivity index (χ4v) is 6.07. The molecule has 0 spiro atoms. The van der Waals surface area contributed by atoms with E-state index in [1.165, 1.54) is 13.5 Å². The second kappa shape index (κ2) is 9.00. The van der Waals surface area contributed by atoms with Crippen molar-refractivity contribution in [2.45, 2.75) is 50.0 Å². The smallest absolute Gasteiger partial charge is 0.407 e. The van der Waals surface area contributed by atoms with Gasteiger partial charge in [0.05, 0.1) is 7.11 Å². The van der Waals surface area contributed by atoms with Crippen LogP contribution < -0.4 is 10.6 Å². The highest BCUT2D eigenvalue weighted by molar-refractivity contribution is 5.67. The van der Waals surface area contributed by atoms with Crippen molar-refractivity contribution in [3.05, 3.63) is 35.6 Å². The average Bonchev–Trinajstić information content (AvgIpc) is 3.16. The van der Waals surface area contributed by atoms with Crippen LogP contribution in [-0.4, -0.2) is 56.9 Å².